The first kappa shape index (κ1) is 23.8. The van der Waals surface area contributed by atoms with Crippen LogP contribution in [0.1, 0.15) is 22.8 Å². The van der Waals surface area contributed by atoms with Crippen LogP contribution in [-0.4, -0.2) is 42.1 Å². The number of carbonyl (C=O) groups is 2. The summed E-state index contributed by atoms with van der Waals surface area (Å²) < 4.78 is 5.49. The highest BCUT2D eigenvalue weighted by Gasteiger charge is 2.27. The Bertz CT molecular complexity index is 777. The van der Waals surface area contributed by atoms with E-state index < -0.39 is 0 Å². The van der Waals surface area contributed by atoms with Gasteiger partial charge in [0, 0.05) is 36.7 Å². The summed E-state index contributed by atoms with van der Waals surface area (Å²) in [7, 11) is 0. The molecule has 1 aromatic carbocycles. The molecular formula is C19H24Cl2N4O3. The second-order valence-electron chi connectivity index (χ2n) is 6.12. The Labute approximate surface area is 176 Å². The van der Waals surface area contributed by atoms with Gasteiger partial charge in [0.1, 0.15) is 6.04 Å². The van der Waals surface area contributed by atoms with E-state index in [4.69, 9.17) is 4.74 Å². The molecule has 1 saturated heterocycles. The molecule has 9 heteroatoms. The molecular weight excluding hydrogens is 403 g/mol. The minimum absolute atomic E-state index is 0. The Hall–Kier alpha value is -2.19. The van der Waals surface area contributed by atoms with Gasteiger partial charge in [0.2, 0.25) is 5.91 Å². The van der Waals surface area contributed by atoms with Crippen molar-refractivity contribution >= 4 is 42.3 Å². The van der Waals surface area contributed by atoms with E-state index in [9.17, 15) is 9.59 Å². The van der Waals surface area contributed by atoms with Gasteiger partial charge in [0.25, 0.3) is 5.91 Å². The summed E-state index contributed by atoms with van der Waals surface area (Å²) in [6.07, 6.45) is 2.99. The number of morpholine rings is 1. The fourth-order valence-electron chi connectivity index (χ4n) is 2.79. The summed E-state index contributed by atoms with van der Waals surface area (Å²) in [6.45, 7) is 3.54. The summed E-state index contributed by atoms with van der Waals surface area (Å²) in [5.74, 6) is -0.297. The van der Waals surface area contributed by atoms with Crippen LogP contribution in [0, 0.1) is 0 Å². The van der Waals surface area contributed by atoms with E-state index in [0.29, 0.717) is 30.9 Å². The summed E-state index contributed by atoms with van der Waals surface area (Å²) in [5.41, 5.74) is 2.11. The topological polar surface area (TPSA) is 92.4 Å². The molecule has 1 aliphatic heterocycles. The normalized spacial score (nSPS) is 18.2. The number of anilines is 1. The van der Waals surface area contributed by atoms with Gasteiger partial charge >= 0.3 is 0 Å². The van der Waals surface area contributed by atoms with Crippen LogP contribution < -0.4 is 16.0 Å². The SMILES string of the molecule is C[C@H]1OCCN[C@@H]1C(=O)NCc1cccc(NC(=O)c2ccncc2)c1.Cl.Cl. The number of benzene rings is 1. The van der Waals surface area contributed by atoms with Crippen LogP contribution in [0.15, 0.2) is 48.8 Å². The summed E-state index contributed by atoms with van der Waals surface area (Å²) >= 11 is 0. The molecule has 1 aromatic heterocycles. The van der Waals surface area contributed by atoms with E-state index in [2.05, 4.69) is 20.9 Å². The quantitative estimate of drug-likeness (QED) is 0.681. The smallest absolute Gasteiger partial charge is 0.255 e. The number of rotatable bonds is 5. The van der Waals surface area contributed by atoms with Crippen molar-refractivity contribution in [3.63, 3.8) is 0 Å². The lowest BCUT2D eigenvalue weighted by Gasteiger charge is -2.29. The number of pyridine rings is 1. The number of aromatic nitrogens is 1. The predicted molar refractivity (Wildman–Crippen MR) is 112 cm³/mol. The van der Waals surface area contributed by atoms with Crippen LogP contribution in [0.5, 0.6) is 0 Å². The van der Waals surface area contributed by atoms with Crippen LogP contribution >= 0.6 is 24.8 Å². The summed E-state index contributed by atoms with van der Waals surface area (Å²) in [6, 6.07) is 10.3. The van der Waals surface area contributed by atoms with Gasteiger partial charge in [0.05, 0.1) is 12.7 Å². The molecule has 2 aromatic rings. The molecule has 3 N–H and O–H groups in total. The van der Waals surface area contributed by atoms with Crippen LogP contribution in [0.2, 0.25) is 0 Å². The molecule has 2 amide bonds. The van der Waals surface area contributed by atoms with Gasteiger partial charge in [-0.15, -0.1) is 24.8 Å². The molecule has 2 heterocycles. The van der Waals surface area contributed by atoms with Gasteiger partial charge in [-0.05, 0) is 36.8 Å². The third-order valence-electron chi connectivity index (χ3n) is 4.19. The summed E-state index contributed by atoms with van der Waals surface area (Å²) in [4.78, 5) is 28.4. The van der Waals surface area contributed by atoms with Crippen LogP contribution in [-0.2, 0) is 16.1 Å². The third kappa shape index (κ3) is 6.45. The first-order chi connectivity index (χ1) is 12.6. The minimum atomic E-state index is -0.349. The highest BCUT2D eigenvalue weighted by molar-refractivity contribution is 6.04. The van der Waals surface area contributed by atoms with E-state index in [1.165, 1.54) is 0 Å². The molecule has 0 aliphatic carbocycles. The van der Waals surface area contributed by atoms with Crippen LogP contribution in [0.4, 0.5) is 5.69 Å². The second-order valence-corrected chi connectivity index (χ2v) is 6.12. The lowest BCUT2D eigenvalue weighted by Crippen LogP contribution is -2.55. The number of ether oxygens (including phenoxy) is 1. The molecule has 1 aliphatic rings. The fraction of sp³-hybridized carbons (Fsp3) is 0.316. The van der Waals surface area contributed by atoms with Crippen molar-refractivity contribution in [1.29, 1.82) is 0 Å². The Kier molecular flexibility index (Phi) is 9.89. The van der Waals surface area contributed by atoms with Crippen molar-refractivity contribution in [2.75, 3.05) is 18.5 Å². The number of hydrogen-bond donors (Lipinski definition) is 3. The van der Waals surface area contributed by atoms with Gasteiger partial charge in [0.15, 0.2) is 0 Å². The lowest BCUT2D eigenvalue weighted by molar-refractivity contribution is -0.129. The van der Waals surface area contributed by atoms with Gasteiger partial charge in [-0.2, -0.15) is 0 Å². The average molecular weight is 427 g/mol. The first-order valence-corrected chi connectivity index (χ1v) is 8.56. The van der Waals surface area contributed by atoms with E-state index >= 15 is 0 Å². The Morgan fingerprint density at radius 3 is 2.68 bits per heavy atom. The Balaban J connectivity index is 0.00000196. The summed E-state index contributed by atoms with van der Waals surface area (Å²) in [5, 5.41) is 8.92. The maximum atomic E-state index is 12.3. The number of hydrogen-bond acceptors (Lipinski definition) is 5. The monoisotopic (exact) mass is 426 g/mol. The standard InChI is InChI=1S/C19H22N4O3.2ClH/c1-13-17(21-9-10-26-13)19(25)22-12-14-3-2-4-16(11-14)23-18(24)15-5-7-20-8-6-15;;/h2-8,11,13,17,21H,9-10,12H2,1H3,(H,22,25)(H,23,24);2*1H/t13-,17+;;/m1../s1. The Morgan fingerprint density at radius 2 is 1.96 bits per heavy atom. The largest absolute Gasteiger partial charge is 0.375 e. The van der Waals surface area contributed by atoms with Crippen molar-refractivity contribution in [3.05, 3.63) is 59.9 Å². The van der Waals surface area contributed by atoms with Crippen LogP contribution in [0.25, 0.3) is 0 Å². The molecule has 7 nitrogen and oxygen atoms in total. The highest BCUT2D eigenvalue weighted by Crippen LogP contribution is 2.12. The number of halogens is 2. The van der Waals surface area contributed by atoms with Crippen molar-refractivity contribution in [2.24, 2.45) is 0 Å². The predicted octanol–water partition coefficient (Wildman–Crippen LogP) is 2.17. The first-order valence-electron chi connectivity index (χ1n) is 8.56. The van der Waals surface area contributed by atoms with Crippen molar-refractivity contribution in [2.45, 2.75) is 25.6 Å². The van der Waals surface area contributed by atoms with E-state index in [1.807, 2.05) is 31.2 Å². The van der Waals surface area contributed by atoms with Crippen LogP contribution in [0.3, 0.4) is 0 Å². The number of carbonyl (C=O) groups excluding carboxylic acids is 2. The fourth-order valence-corrected chi connectivity index (χ4v) is 2.79. The molecule has 28 heavy (non-hydrogen) atoms. The van der Waals surface area contributed by atoms with Crippen molar-refractivity contribution < 1.29 is 14.3 Å². The molecule has 0 unspecified atom stereocenters. The zero-order valence-corrected chi connectivity index (χ0v) is 17.0. The van der Waals surface area contributed by atoms with Crippen molar-refractivity contribution in [1.82, 2.24) is 15.6 Å². The number of nitrogens with one attached hydrogen (secondary N) is 3. The maximum absolute atomic E-state index is 12.3. The highest BCUT2D eigenvalue weighted by atomic mass is 35.5. The number of nitrogens with zero attached hydrogens (tertiary/aromatic N) is 1. The molecule has 1 fully saturated rings. The van der Waals surface area contributed by atoms with Gasteiger partial charge < -0.3 is 20.7 Å². The Morgan fingerprint density at radius 1 is 1.21 bits per heavy atom. The van der Waals surface area contributed by atoms with Gasteiger partial charge in [-0.1, -0.05) is 12.1 Å². The zero-order valence-electron chi connectivity index (χ0n) is 15.4. The molecule has 3 rings (SSSR count). The molecule has 152 valence electrons. The zero-order chi connectivity index (χ0) is 18.4. The lowest BCUT2D eigenvalue weighted by atomic mass is 10.1. The molecule has 0 bridgehead atoms. The third-order valence-corrected chi connectivity index (χ3v) is 4.19. The van der Waals surface area contributed by atoms with Crippen molar-refractivity contribution in [3.8, 4) is 0 Å². The molecule has 0 radical (unpaired) electrons. The molecule has 2 atom stereocenters. The minimum Gasteiger partial charge on any atom is -0.375 e. The van der Waals surface area contributed by atoms with E-state index in [1.54, 1.807) is 24.5 Å². The van der Waals surface area contributed by atoms with E-state index in [0.717, 1.165) is 5.56 Å². The van der Waals surface area contributed by atoms with E-state index in [-0.39, 0.29) is 48.8 Å². The average Bonchev–Trinajstić information content (AvgIpc) is 2.67. The molecule has 0 spiro atoms. The second kappa shape index (κ2) is 11.6. The molecule has 0 saturated carbocycles. The maximum Gasteiger partial charge on any atom is 0.255 e. The number of amides is 2. The van der Waals surface area contributed by atoms with Gasteiger partial charge in [-0.3, -0.25) is 14.6 Å². The van der Waals surface area contributed by atoms with Gasteiger partial charge in [-0.25, -0.2) is 0 Å².